The highest BCUT2D eigenvalue weighted by atomic mass is 14.9. The minimum atomic E-state index is 0.369. The maximum Gasteiger partial charge on any atom is 0.0514 e. The zero-order valence-corrected chi connectivity index (χ0v) is 15.2. The molecule has 0 aromatic heterocycles. The van der Waals surface area contributed by atoms with E-state index in [1.807, 2.05) is 0 Å². The van der Waals surface area contributed by atoms with Gasteiger partial charge in [0.2, 0.25) is 0 Å². The molecule has 130 valence electrons. The number of hydrogen-bond donors (Lipinski definition) is 1. The lowest BCUT2D eigenvalue weighted by molar-refractivity contribution is 0.573. The summed E-state index contributed by atoms with van der Waals surface area (Å²) < 4.78 is 0. The fraction of sp³-hybridized carbons (Fsp3) is 0.333. The minimum Gasteiger partial charge on any atom is -0.378 e. The number of benzene rings is 3. The van der Waals surface area contributed by atoms with Gasteiger partial charge < -0.3 is 5.32 Å². The summed E-state index contributed by atoms with van der Waals surface area (Å²) in [4.78, 5) is 0. The van der Waals surface area contributed by atoms with Gasteiger partial charge in [0.1, 0.15) is 0 Å². The first-order valence-corrected chi connectivity index (χ1v) is 9.67. The van der Waals surface area contributed by atoms with Crippen LogP contribution in [-0.4, -0.2) is 0 Å². The van der Waals surface area contributed by atoms with Crippen LogP contribution in [0.25, 0.3) is 10.8 Å². The molecule has 0 fully saturated rings. The molecule has 0 amide bonds. The summed E-state index contributed by atoms with van der Waals surface area (Å²) in [5.74, 6) is 0. The van der Waals surface area contributed by atoms with Gasteiger partial charge in [0.25, 0.3) is 0 Å². The Hall–Kier alpha value is -2.28. The van der Waals surface area contributed by atoms with Gasteiger partial charge >= 0.3 is 0 Å². The Bertz CT molecular complexity index is 758. The van der Waals surface area contributed by atoms with Gasteiger partial charge in [0.15, 0.2) is 0 Å². The highest BCUT2D eigenvalue weighted by Crippen LogP contribution is 2.29. The molecule has 25 heavy (non-hydrogen) atoms. The summed E-state index contributed by atoms with van der Waals surface area (Å²) in [7, 11) is 0. The predicted octanol–water partition coefficient (Wildman–Crippen LogP) is 7.35. The Morgan fingerprint density at radius 2 is 1.44 bits per heavy atom. The average Bonchev–Trinajstić information content (AvgIpc) is 2.68. The van der Waals surface area contributed by atoms with Crippen LogP contribution in [0.2, 0.25) is 0 Å². The number of nitrogens with one attached hydrogen (secondary N) is 1. The lowest BCUT2D eigenvalue weighted by Crippen LogP contribution is -2.11. The second-order valence-electron chi connectivity index (χ2n) is 6.84. The summed E-state index contributed by atoms with van der Waals surface area (Å²) in [5.41, 5.74) is 2.62. The van der Waals surface area contributed by atoms with Crippen LogP contribution in [0.4, 0.5) is 5.69 Å². The summed E-state index contributed by atoms with van der Waals surface area (Å²) in [6, 6.07) is 26.4. The number of rotatable bonds is 9. The van der Waals surface area contributed by atoms with E-state index in [-0.39, 0.29) is 0 Å². The van der Waals surface area contributed by atoms with Crippen LogP contribution in [0.5, 0.6) is 0 Å². The van der Waals surface area contributed by atoms with Crippen molar-refractivity contribution in [2.24, 2.45) is 0 Å². The zero-order valence-electron chi connectivity index (χ0n) is 15.2. The fourth-order valence-corrected chi connectivity index (χ4v) is 3.50. The third-order valence-electron chi connectivity index (χ3n) is 4.92. The molecule has 0 aliphatic rings. The third kappa shape index (κ3) is 4.85. The summed E-state index contributed by atoms with van der Waals surface area (Å²) >= 11 is 0. The molecule has 0 aliphatic carbocycles. The van der Waals surface area contributed by atoms with Gasteiger partial charge in [-0.3, -0.25) is 0 Å². The molecule has 1 nitrogen and oxygen atoms in total. The van der Waals surface area contributed by atoms with Crippen molar-refractivity contribution < 1.29 is 0 Å². The van der Waals surface area contributed by atoms with Crippen molar-refractivity contribution in [3.8, 4) is 0 Å². The van der Waals surface area contributed by atoms with E-state index >= 15 is 0 Å². The Morgan fingerprint density at radius 3 is 2.28 bits per heavy atom. The maximum absolute atomic E-state index is 3.83. The lowest BCUT2D eigenvalue weighted by atomic mass is 9.98. The number of anilines is 1. The van der Waals surface area contributed by atoms with Gasteiger partial charge in [0, 0.05) is 11.1 Å². The monoisotopic (exact) mass is 331 g/mol. The van der Waals surface area contributed by atoms with Crippen LogP contribution in [0.15, 0.2) is 72.8 Å². The van der Waals surface area contributed by atoms with Gasteiger partial charge in [-0.1, -0.05) is 106 Å². The van der Waals surface area contributed by atoms with Gasteiger partial charge in [-0.2, -0.15) is 0 Å². The van der Waals surface area contributed by atoms with Crippen LogP contribution in [0.1, 0.15) is 57.1 Å². The maximum atomic E-state index is 3.83. The second kappa shape index (κ2) is 9.27. The molecule has 0 aliphatic heterocycles. The fourth-order valence-electron chi connectivity index (χ4n) is 3.50. The van der Waals surface area contributed by atoms with Gasteiger partial charge in [-0.15, -0.1) is 0 Å². The van der Waals surface area contributed by atoms with Crippen LogP contribution in [0, 0.1) is 0 Å². The topological polar surface area (TPSA) is 12.0 Å². The first-order valence-electron chi connectivity index (χ1n) is 9.67. The average molecular weight is 332 g/mol. The second-order valence-corrected chi connectivity index (χ2v) is 6.84. The third-order valence-corrected chi connectivity index (χ3v) is 4.92. The largest absolute Gasteiger partial charge is 0.378 e. The van der Waals surface area contributed by atoms with Crippen LogP contribution >= 0.6 is 0 Å². The molecular weight excluding hydrogens is 302 g/mol. The van der Waals surface area contributed by atoms with Gasteiger partial charge in [-0.05, 0) is 23.4 Å². The smallest absolute Gasteiger partial charge is 0.0514 e. The minimum absolute atomic E-state index is 0.369. The lowest BCUT2D eigenvalue weighted by Gasteiger charge is -2.22. The molecule has 0 bridgehead atoms. The standard InChI is InChI=1S/C24H29N/c1-2-3-4-5-9-18-23(21-14-7-6-8-15-21)25-24-19-12-16-20-13-10-11-17-22(20)24/h6-8,10-17,19,23,25H,2-5,9,18H2,1H3. The molecule has 0 heterocycles. The zero-order chi connectivity index (χ0) is 17.3. The van der Waals surface area contributed by atoms with E-state index in [9.17, 15) is 0 Å². The molecule has 3 rings (SSSR count). The Labute approximate surface area is 152 Å². The number of unbranched alkanes of at least 4 members (excludes halogenated alkanes) is 4. The normalized spacial score (nSPS) is 12.2. The van der Waals surface area contributed by atoms with E-state index in [0.717, 1.165) is 0 Å². The molecule has 1 heteroatoms. The van der Waals surface area contributed by atoms with Gasteiger partial charge in [0.05, 0.1) is 6.04 Å². The predicted molar refractivity (Wildman–Crippen MR) is 110 cm³/mol. The summed E-state index contributed by atoms with van der Waals surface area (Å²) in [6.45, 7) is 2.27. The first kappa shape index (κ1) is 17.5. The molecule has 0 saturated carbocycles. The van der Waals surface area contributed by atoms with E-state index in [1.165, 1.54) is 60.5 Å². The van der Waals surface area contributed by atoms with Crippen molar-refractivity contribution in [3.63, 3.8) is 0 Å². The molecule has 1 N–H and O–H groups in total. The van der Waals surface area contributed by atoms with Crippen molar-refractivity contribution in [1.29, 1.82) is 0 Å². The van der Waals surface area contributed by atoms with Crippen molar-refractivity contribution in [2.45, 2.75) is 51.5 Å². The number of hydrogen-bond acceptors (Lipinski definition) is 1. The Morgan fingerprint density at radius 1 is 0.720 bits per heavy atom. The molecular formula is C24H29N. The van der Waals surface area contributed by atoms with Crippen molar-refractivity contribution in [1.82, 2.24) is 0 Å². The molecule has 3 aromatic carbocycles. The first-order chi connectivity index (χ1) is 12.4. The van der Waals surface area contributed by atoms with E-state index < -0.39 is 0 Å². The molecule has 3 aromatic rings. The van der Waals surface area contributed by atoms with Crippen molar-refractivity contribution in [2.75, 3.05) is 5.32 Å². The van der Waals surface area contributed by atoms with Crippen molar-refractivity contribution in [3.05, 3.63) is 78.4 Å². The Balaban J connectivity index is 1.77. The highest BCUT2D eigenvalue weighted by Gasteiger charge is 2.12. The van der Waals surface area contributed by atoms with E-state index in [2.05, 4.69) is 85.0 Å². The molecule has 0 saturated heterocycles. The van der Waals surface area contributed by atoms with E-state index in [4.69, 9.17) is 0 Å². The molecule has 1 atom stereocenters. The molecule has 1 unspecified atom stereocenters. The molecule has 0 radical (unpaired) electrons. The van der Waals surface area contributed by atoms with Crippen LogP contribution in [0.3, 0.4) is 0 Å². The van der Waals surface area contributed by atoms with E-state index in [0.29, 0.717) is 6.04 Å². The van der Waals surface area contributed by atoms with Crippen molar-refractivity contribution >= 4 is 16.5 Å². The highest BCUT2D eigenvalue weighted by molar-refractivity contribution is 5.93. The summed E-state index contributed by atoms with van der Waals surface area (Å²) in [5, 5.41) is 6.43. The molecule has 0 spiro atoms. The van der Waals surface area contributed by atoms with Crippen LogP contribution < -0.4 is 5.32 Å². The van der Waals surface area contributed by atoms with Gasteiger partial charge in [-0.25, -0.2) is 0 Å². The SMILES string of the molecule is CCCCCCCC(Nc1cccc2ccccc12)c1ccccc1. The Kier molecular flexibility index (Phi) is 6.50. The van der Waals surface area contributed by atoms with Crippen LogP contribution in [-0.2, 0) is 0 Å². The summed E-state index contributed by atoms with van der Waals surface area (Å²) in [6.07, 6.45) is 7.79. The van der Waals surface area contributed by atoms with E-state index in [1.54, 1.807) is 0 Å². The quantitative estimate of drug-likeness (QED) is 0.404. The number of fused-ring (bicyclic) bond motifs is 1.